The van der Waals surface area contributed by atoms with Gasteiger partial charge in [-0.3, -0.25) is 0 Å². The molecule has 0 saturated carbocycles. The minimum Gasteiger partial charge on any atom is -0.314 e. The summed E-state index contributed by atoms with van der Waals surface area (Å²) in [5.74, 6) is 0.644. The van der Waals surface area contributed by atoms with E-state index in [4.69, 9.17) is 0 Å². The van der Waals surface area contributed by atoms with E-state index in [9.17, 15) is 0 Å². The largest absolute Gasteiger partial charge is 0.314 e. The second-order valence-electron chi connectivity index (χ2n) is 7.12. The Labute approximate surface area is 119 Å². The third-order valence-electron chi connectivity index (χ3n) is 3.52. The zero-order valence-electron chi connectivity index (χ0n) is 13.4. The maximum absolute atomic E-state index is 3.59. The summed E-state index contributed by atoms with van der Waals surface area (Å²) in [6.45, 7) is 12.5. The Balaban J connectivity index is 2.55. The van der Waals surface area contributed by atoms with Crippen molar-refractivity contribution in [3.05, 3.63) is 35.9 Å². The highest BCUT2D eigenvalue weighted by Gasteiger charge is 2.15. The summed E-state index contributed by atoms with van der Waals surface area (Å²) in [6, 6.07) is 11.5. The summed E-state index contributed by atoms with van der Waals surface area (Å²) in [5.41, 5.74) is 1.93. The molecular weight excluding hydrogens is 230 g/mol. The Bertz CT molecular complexity index is 334. The fourth-order valence-electron chi connectivity index (χ4n) is 2.37. The molecule has 0 aliphatic heterocycles. The molecule has 1 rings (SSSR count). The zero-order chi connectivity index (χ0) is 14.3. The van der Waals surface area contributed by atoms with Crippen LogP contribution in [0.25, 0.3) is 0 Å². The lowest BCUT2D eigenvalue weighted by Crippen LogP contribution is -2.28. The van der Waals surface area contributed by atoms with Crippen LogP contribution in [0.5, 0.6) is 0 Å². The molecule has 1 unspecified atom stereocenters. The Hall–Kier alpha value is -0.820. The molecule has 0 aromatic heterocycles. The van der Waals surface area contributed by atoms with E-state index in [-0.39, 0.29) is 0 Å². The number of nitrogens with one attached hydrogen (secondary N) is 1. The van der Waals surface area contributed by atoms with Crippen LogP contribution < -0.4 is 5.32 Å². The van der Waals surface area contributed by atoms with Gasteiger partial charge < -0.3 is 5.32 Å². The van der Waals surface area contributed by atoms with E-state index in [0.29, 0.717) is 17.4 Å². The van der Waals surface area contributed by atoms with Gasteiger partial charge >= 0.3 is 0 Å². The van der Waals surface area contributed by atoms with Crippen molar-refractivity contribution < 1.29 is 0 Å². The first-order valence-electron chi connectivity index (χ1n) is 7.67. The summed E-state index contributed by atoms with van der Waals surface area (Å²) in [5, 5.41) is 3.59. The van der Waals surface area contributed by atoms with E-state index in [1.54, 1.807) is 0 Å². The quantitative estimate of drug-likeness (QED) is 0.729. The minimum atomic E-state index is 0.451. The fraction of sp³-hybridized carbons (Fsp3) is 0.667. The van der Waals surface area contributed by atoms with Gasteiger partial charge in [0.2, 0.25) is 0 Å². The lowest BCUT2D eigenvalue weighted by Gasteiger charge is -2.23. The third kappa shape index (κ3) is 7.37. The molecule has 0 aliphatic rings. The summed E-state index contributed by atoms with van der Waals surface area (Å²) < 4.78 is 0. The van der Waals surface area contributed by atoms with Gasteiger partial charge in [-0.1, -0.05) is 71.4 Å². The Morgan fingerprint density at radius 3 is 2.21 bits per heavy atom. The SMILES string of the molecule is CC(C)NCC(CCCC(C)(C)C)c1ccccc1. The van der Waals surface area contributed by atoms with E-state index < -0.39 is 0 Å². The molecule has 1 atom stereocenters. The molecule has 108 valence electrons. The average Bonchev–Trinajstić information content (AvgIpc) is 2.33. The van der Waals surface area contributed by atoms with Crippen molar-refractivity contribution in [2.24, 2.45) is 5.41 Å². The maximum Gasteiger partial charge on any atom is 0.00225 e. The standard InChI is InChI=1S/C18H31N/c1-15(2)19-14-17(12-9-13-18(3,4)5)16-10-7-6-8-11-16/h6-8,10-11,15,17,19H,9,12-14H2,1-5H3. The van der Waals surface area contributed by atoms with Crippen LogP contribution in [0.1, 0.15) is 65.4 Å². The van der Waals surface area contributed by atoms with Crippen LogP contribution >= 0.6 is 0 Å². The smallest absolute Gasteiger partial charge is 0.00225 e. The molecule has 1 aromatic rings. The second kappa shape index (κ2) is 7.69. The summed E-state index contributed by atoms with van der Waals surface area (Å²) in [4.78, 5) is 0. The summed E-state index contributed by atoms with van der Waals surface area (Å²) in [7, 11) is 0. The Kier molecular flexibility index (Phi) is 6.57. The highest BCUT2D eigenvalue weighted by atomic mass is 14.9. The highest BCUT2D eigenvalue weighted by Crippen LogP contribution is 2.27. The van der Waals surface area contributed by atoms with Gasteiger partial charge in [-0.25, -0.2) is 0 Å². The molecule has 0 fully saturated rings. The summed E-state index contributed by atoms with van der Waals surface area (Å²) >= 11 is 0. The van der Waals surface area contributed by atoms with Crippen molar-refractivity contribution in [2.45, 2.75) is 65.8 Å². The number of rotatable bonds is 7. The van der Waals surface area contributed by atoms with Crippen molar-refractivity contribution >= 4 is 0 Å². The molecule has 0 amide bonds. The van der Waals surface area contributed by atoms with Crippen LogP contribution in [-0.4, -0.2) is 12.6 Å². The molecule has 0 spiro atoms. The van der Waals surface area contributed by atoms with Gasteiger partial charge in [0.25, 0.3) is 0 Å². The van der Waals surface area contributed by atoms with E-state index in [0.717, 1.165) is 6.54 Å². The molecule has 1 heteroatoms. The van der Waals surface area contributed by atoms with E-state index in [2.05, 4.69) is 70.3 Å². The molecule has 1 aromatic carbocycles. The van der Waals surface area contributed by atoms with Crippen LogP contribution in [0, 0.1) is 5.41 Å². The first-order chi connectivity index (χ1) is 8.88. The Morgan fingerprint density at radius 1 is 1.05 bits per heavy atom. The molecule has 1 nitrogen and oxygen atoms in total. The predicted octanol–water partition coefficient (Wildman–Crippen LogP) is 4.98. The predicted molar refractivity (Wildman–Crippen MR) is 85.6 cm³/mol. The van der Waals surface area contributed by atoms with Crippen molar-refractivity contribution in [3.8, 4) is 0 Å². The first-order valence-corrected chi connectivity index (χ1v) is 7.67. The van der Waals surface area contributed by atoms with Crippen LogP contribution in [0.15, 0.2) is 30.3 Å². The molecule has 0 radical (unpaired) electrons. The van der Waals surface area contributed by atoms with Gasteiger partial charge in [0.1, 0.15) is 0 Å². The Morgan fingerprint density at radius 2 is 1.68 bits per heavy atom. The van der Waals surface area contributed by atoms with E-state index in [1.165, 1.54) is 24.8 Å². The van der Waals surface area contributed by atoms with Crippen molar-refractivity contribution in [3.63, 3.8) is 0 Å². The minimum absolute atomic E-state index is 0.451. The second-order valence-corrected chi connectivity index (χ2v) is 7.12. The van der Waals surface area contributed by atoms with E-state index >= 15 is 0 Å². The van der Waals surface area contributed by atoms with Crippen molar-refractivity contribution in [2.75, 3.05) is 6.54 Å². The number of hydrogen-bond donors (Lipinski definition) is 1. The average molecular weight is 261 g/mol. The molecular formula is C18H31N. The number of benzene rings is 1. The lowest BCUT2D eigenvalue weighted by atomic mass is 9.86. The van der Waals surface area contributed by atoms with Gasteiger partial charge in [-0.15, -0.1) is 0 Å². The van der Waals surface area contributed by atoms with Gasteiger partial charge in [0.15, 0.2) is 0 Å². The topological polar surface area (TPSA) is 12.0 Å². The molecule has 19 heavy (non-hydrogen) atoms. The molecule has 0 saturated heterocycles. The van der Waals surface area contributed by atoms with Crippen LogP contribution in [0.4, 0.5) is 0 Å². The molecule has 1 N–H and O–H groups in total. The van der Waals surface area contributed by atoms with Crippen LogP contribution in [-0.2, 0) is 0 Å². The van der Waals surface area contributed by atoms with Gasteiger partial charge in [0, 0.05) is 12.6 Å². The number of hydrogen-bond acceptors (Lipinski definition) is 1. The molecule has 0 heterocycles. The van der Waals surface area contributed by atoms with Crippen LogP contribution in [0.3, 0.4) is 0 Å². The maximum atomic E-state index is 3.59. The summed E-state index contributed by atoms with van der Waals surface area (Å²) in [6.07, 6.45) is 3.89. The monoisotopic (exact) mass is 261 g/mol. The van der Waals surface area contributed by atoms with Crippen LogP contribution in [0.2, 0.25) is 0 Å². The fourth-order valence-corrected chi connectivity index (χ4v) is 2.37. The lowest BCUT2D eigenvalue weighted by molar-refractivity contribution is 0.349. The third-order valence-corrected chi connectivity index (χ3v) is 3.52. The first kappa shape index (κ1) is 16.2. The highest BCUT2D eigenvalue weighted by molar-refractivity contribution is 5.19. The van der Waals surface area contributed by atoms with Gasteiger partial charge in [-0.05, 0) is 29.7 Å². The molecule has 0 aliphatic carbocycles. The normalized spacial score (nSPS) is 13.8. The van der Waals surface area contributed by atoms with Gasteiger partial charge in [-0.2, -0.15) is 0 Å². The van der Waals surface area contributed by atoms with Crippen molar-refractivity contribution in [1.82, 2.24) is 5.32 Å². The van der Waals surface area contributed by atoms with Crippen molar-refractivity contribution in [1.29, 1.82) is 0 Å². The zero-order valence-corrected chi connectivity index (χ0v) is 13.4. The van der Waals surface area contributed by atoms with E-state index in [1.807, 2.05) is 0 Å². The molecule has 0 bridgehead atoms. The van der Waals surface area contributed by atoms with Gasteiger partial charge in [0.05, 0.1) is 0 Å².